The maximum atomic E-state index is 5.94. The topological polar surface area (TPSA) is 37.5 Å². The molecule has 0 amide bonds. The molecule has 50 heavy (non-hydrogen) atoms. The Labute approximate surface area is 300 Å². The molecule has 3 aromatic carbocycles. The molecule has 262 valence electrons. The molecule has 5 aromatic rings. The third kappa shape index (κ3) is 7.87. The van der Waals surface area contributed by atoms with Crippen molar-refractivity contribution in [3.8, 4) is 22.6 Å². The Hall–Kier alpha value is -3.86. The van der Waals surface area contributed by atoms with E-state index in [1.54, 1.807) is 0 Å². The minimum absolute atomic E-state index is 0.136. The fourth-order valence-corrected chi connectivity index (χ4v) is 9.23. The summed E-state index contributed by atoms with van der Waals surface area (Å²) in [5.41, 5.74) is 13.1. The Kier molecular flexibility index (Phi) is 11.2. The van der Waals surface area contributed by atoms with E-state index in [4.69, 9.17) is 13.3 Å². The first-order valence-electron chi connectivity index (χ1n) is 18.6. The number of rotatable bonds is 11. The average Bonchev–Trinajstić information content (AvgIpc) is 3.62. The second kappa shape index (κ2) is 15.6. The van der Waals surface area contributed by atoms with Crippen LogP contribution in [0.3, 0.4) is 0 Å². The molecule has 0 atom stereocenters. The van der Waals surface area contributed by atoms with Crippen LogP contribution in [0.15, 0.2) is 72.8 Å². The van der Waals surface area contributed by atoms with Crippen molar-refractivity contribution in [3.05, 3.63) is 95.3 Å². The number of aromatic nitrogens is 2. The number of benzene rings is 3. The van der Waals surface area contributed by atoms with Gasteiger partial charge in [-0.25, -0.2) is 0 Å². The second-order valence-corrected chi connectivity index (χ2v) is 16.8. The van der Waals surface area contributed by atoms with Crippen molar-refractivity contribution in [1.29, 1.82) is 0 Å². The van der Waals surface area contributed by atoms with Crippen LogP contribution in [0.1, 0.15) is 96.2 Å². The van der Waals surface area contributed by atoms with Gasteiger partial charge in [0.1, 0.15) is 0 Å². The molecule has 0 saturated heterocycles. The third-order valence-electron chi connectivity index (χ3n) is 10.1. The van der Waals surface area contributed by atoms with Crippen LogP contribution in [-0.4, -0.2) is 37.8 Å². The number of hydrogen-bond donors (Lipinski definition) is 0. The molecule has 2 aromatic heterocycles. The van der Waals surface area contributed by atoms with Gasteiger partial charge in [-0.15, -0.1) is 0 Å². The van der Waals surface area contributed by atoms with Crippen molar-refractivity contribution < 1.29 is 13.3 Å². The molecular weight excluding hydrogens is 633 g/mol. The van der Waals surface area contributed by atoms with Gasteiger partial charge in [0, 0.05) is 60.9 Å². The lowest BCUT2D eigenvalue weighted by atomic mass is 9.86. The maximum Gasteiger partial charge on any atom is 0.591 e. The van der Waals surface area contributed by atoms with Crippen molar-refractivity contribution in [3.63, 3.8) is 0 Å². The summed E-state index contributed by atoms with van der Waals surface area (Å²) >= 11 is 0. The van der Waals surface area contributed by atoms with Crippen LogP contribution in [0.5, 0.6) is 0 Å². The summed E-state index contributed by atoms with van der Waals surface area (Å²) in [6.07, 6.45) is 11.1. The minimum atomic E-state index is -3.06. The maximum absolute atomic E-state index is 5.94. The SMILES string of the molecule is CCO[Si](C#Cc1ccc(/C=C/c2ccc3c(c2)c2cc(-c4ccc(C(C)(C)C)cc4)ccc2n3CC2CCCCC2)n1C)(OCC)OCC. The lowest BCUT2D eigenvalue weighted by Gasteiger charge is -2.23. The van der Waals surface area contributed by atoms with Crippen LogP contribution < -0.4 is 0 Å². The smallest absolute Gasteiger partial charge is 0.364 e. The van der Waals surface area contributed by atoms with Gasteiger partial charge in [-0.3, -0.25) is 0 Å². The standard InChI is InChI=1S/C44H54N2O3Si/c1-8-47-50(48-9-2,49-10-3)29-28-39-25-24-38(45(39)7)23-16-33-17-26-42-40(30-33)41-31-36(35-18-21-37(22-19-35)44(4,5)6)20-27-43(41)46(42)32-34-14-12-11-13-15-34/h16-27,30-31,34H,8-15,32H2,1-7H3/b23-16+. The summed E-state index contributed by atoms with van der Waals surface area (Å²) in [5.74, 6) is 4.04. The number of fused-ring (bicyclic) bond motifs is 3. The van der Waals surface area contributed by atoms with E-state index in [0.717, 1.165) is 23.9 Å². The third-order valence-corrected chi connectivity index (χ3v) is 12.5. The highest BCUT2D eigenvalue weighted by molar-refractivity contribution is 6.69. The van der Waals surface area contributed by atoms with Gasteiger partial charge in [0.2, 0.25) is 0 Å². The molecule has 6 heteroatoms. The van der Waals surface area contributed by atoms with E-state index in [2.05, 4.69) is 120 Å². The molecule has 0 bridgehead atoms. The predicted octanol–water partition coefficient (Wildman–Crippen LogP) is 10.8. The Bertz CT molecular complexity index is 1990. The largest absolute Gasteiger partial charge is 0.591 e. The summed E-state index contributed by atoms with van der Waals surface area (Å²) in [5, 5.41) is 2.64. The van der Waals surface area contributed by atoms with Gasteiger partial charge < -0.3 is 22.4 Å². The monoisotopic (exact) mass is 686 g/mol. The molecule has 0 spiro atoms. The minimum Gasteiger partial charge on any atom is -0.364 e. The van der Waals surface area contributed by atoms with E-state index in [-0.39, 0.29) is 5.41 Å². The molecule has 1 saturated carbocycles. The molecule has 0 unspecified atom stereocenters. The quantitative estimate of drug-likeness (QED) is 0.103. The highest BCUT2D eigenvalue weighted by Gasteiger charge is 2.39. The van der Waals surface area contributed by atoms with E-state index in [1.165, 1.54) is 76.2 Å². The molecule has 6 rings (SSSR count). The van der Waals surface area contributed by atoms with Crippen LogP contribution in [-0.2, 0) is 32.3 Å². The van der Waals surface area contributed by atoms with E-state index >= 15 is 0 Å². The molecule has 1 fully saturated rings. The van der Waals surface area contributed by atoms with Crippen LogP contribution in [0.25, 0.3) is 45.1 Å². The number of nitrogens with zero attached hydrogens (tertiary/aromatic N) is 2. The lowest BCUT2D eigenvalue weighted by Crippen LogP contribution is -2.45. The van der Waals surface area contributed by atoms with Crippen LogP contribution in [0.2, 0.25) is 0 Å². The first-order valence-corrected chi connectivity index (χ1v) is 20.3. The van der Waals surface area contributed by atoms with Gasteiger partial charge in [-0.1, -0.05) is 82.5 Å². The van der Waals surface area contributed by atoms with Gasteiger partial charge in [0.05, 0.1) is 5.69 Å². The van der Waals surface area contributed by atoms with Crippen molar-refractivity contribution >= 4 is 42.8 Å². The van der Waals surface area contributed by atoms with Gasteiger partial charge in [0.25, 0.3) is 0 Å². The molecule has 1 aliphatic carbocycles. The van der Waals surface area contributed by atoms with Gasteiger partial charge >= 0.3 is 8.80 Å². The highest BCUT2D eigenvalue weighted by atomic mass is 28.4. The fourth-order valence-electron chi connectivity index (χ4n) is 7.34. The van der Waals surface area contributed by atoms with E-state index in [9.17, 15) is 0 Å². The average molecular weight is 687 g/mol. The van der Waals surface area contributed by atoms with Crippen molar-refractivity contribution in [1.82, 2.24) is 9.13 Å². The fraction of sp³-hybridized carbons (Fsp3) is 0.409. The zero-order valence-corrected chi connectivity index (χ0v) is 32.1. The highest BCUT2D eigenvalue weighted by Crippen LogP contribution is 2.36. The van der Waals surface area contributed by atoms with Crippen LogP contribution in [0.4, 0.5) is 0 Å². The molecular formula is C44H54N2O3Si. The van der Waals surface area contributed by atoms with Crippen LogP contribution >= 0.6 is 0 Å². The Morgan fingerprint density at radius 2 is 1.36 bits per heavy atom. The molecule has 5 nitrogen and oxygen atoms in total. The molecule has 0 aliphatic heterocycles. The van der Waals surface area contributed by atoms with E-state index in [0.29, 0.717) is 19.8 Å². The zero-order valence-electron chi connectivity index (χ0n) is 31.1. The summed E-state index contributed by atoms with van der Waals surface area (Å²) in [6.45, 7) is 15.2. The van der Waals surface area contributed by atoms with Gasteiger partial charge in [-0.05, 0) is 121 Å². The zero-order chi connectivity index (χ0) is 35.3. The number of hydrogen-bond acceptors (Lipinski definition) is 3. The normalized spacial score (nSPS) is 14.5. The Morgan fingerprint density at radius 3 is 2.00 bits per heavy atom. The summed E-state index contributed by atoms with van der Waals surface area (Å²) in [4.78, 5) is 0. The molecule has 0 radical (unpaired) electrons. The Morgan fingerprint density at radius 1 is 0.740 bits per heavy atom. The van der Waals surface area contributed by atoms with Gasteiger partial charge in [-0.2, -0.15) is 0 Å². The van der Waals surface area contributed by atoms with Crippen LogP contribution in [0, 0.1) is 17.4 Å². The predicted molar refractivity (Wildman–Crippen MR) is 212 cm³/mol. The Balaban J connectivity index is 1.35. The summed E-state index contributed by atoms with van der Waals surface area (Å²) in [7, 11) is -1.01. The van der Waals surface area contributed by atoms with E-state index < -0.39 is 8.80 Å². The first-order chi connectivity index (χ1) is 24.1. The molecule has 1 aliphatic rings. The van der Waals surface area contributed by atoms with Crippen molar-refractivity contribution in [2.45, 2.75) is 85.6 Å². The van der Waals surface area contributed by atoms with Gasteiger partial charge in [0.15, 0.2) is 0 Å². The first kappa shape index (κ1) is 35.9. The second-order valence-electron chi connectivity index (χ2n) is 14.6. The summed E-state index contributed by atoms with van der Waals surface area (Å²) < 4.78 is 22.5. The lowest BCUT2D eigenvalue weighted by molar-refractivity contribution is 0.0870. The molecule has 2 heterocycles. The van der Waals surface area contributed by atoms with Crippen molar-refractivity contribution in [2.75, 3.05) is 19.8 Å². The van der Waals surface area contributed by atoms with E-state index in [1.807, 2.05) is 33.9 Å². The summed E-state index contributed by atoms with van der Waals surface area (Å²) in [6, 6.07) is 27.3. The molecule has 0 N–H and O–H groups in total. The van der Waals surface area contributed by atoms with Crippen molar-refractivity contribution in [2.24, 2.45) is 13.0 Å².